The van der Waals surface area contributed by atoms with Crippen LogP contribution < -0.4 is 10.6 Å². The van der Waals surface area contributed by atoms with E-state index in [1.165, 1.54) is 4.90 Å². The van der Waals surface area contributed by atoms with Crippen molar-refractivity contribution in [3.05, 3.63) is 35.9 Å². The second-order valence-electron chi connectivity index (χ2n) is 7.74. The summed E-state index contributed by atoms with van der Waals surface area (Å²) in [6.07, 6.45) is -1.26. The summed E-state index contributed by atoms with van der Waals surface area (Å²) < 4.78 is 16.3. The van der Waals surface area contributed by atoms with Crippen LogP contribution in [0.25, 0.3) is 0 Å². The van der Waals surface area contributed by atoms with Gasteiger partial charge in [-0.2, -0.15) is 0 Å². The second-order valence-corrected chi connectivity index (χ2v) is 7.74. The molecule has 0 radical (unpaired) electrons. The van der Waals surface area contributed by atoms with Gasteiger partial charge in [0.05, 0.1) is 39.3 Å². The molecule has 1 rings (SSSR count). The molecular formula is C24H35N3O10. The van der Waals surface area contributed by atoms with Gasteiger partial charge < -0.3 is 40.0 Å². The van der Waals surface area contributed by atoms with Gasteiger partial charge in [0.1, 0.15) is 6.61 Å². The van der Waals surface area contributed by atoms with Gasteiger partial charge in [0.25, 0.3) is 0 Å². The molecule has 206 valence electrons. The van der Waals surface area contributed by atoms with Crippen molar-refractivity contribution < 1.29 is 48.4 Å². The molecule has 0 aliphatic heterocycles. The Morgan fingerprint density at radius 3 is 1.65 bits per heavy atom. The highest BCUT2D eigenvalue weighted by atomic mass is 16.6. The average Bonchev–Trinajstić information content (AvgIpc) is 2.88. The van der Waals surface area contributed by atoms with Crippen LogP contribution in [-0.2, 0) is 40.0 Å². The summed E-state index contributed by atoms with van der Waals surface area (Å²) in [5.41, 5.74) is 0.834. The fraction of sp³-hybridized carbons (Fsp3) is 0.542. The topological polar surface area (TPSA) is 181 Å². The Bertz CT molecular complexity index is 808. The van der Waals surface area contributed by atoms with Crippen molar-refractivity contribution in [2.75, 3.05) is 52.6 Å². The van der Waals surface area contributed by atoms with E-state index in [1.807, 2.05) is 30.3 Å². The third-order valence-electron chi connectivity index (χ3n) is 4.74. The molecule has 4 N–H and O–H groups in total. The van der Waals surface area contributed by atoms with E-state index in [-0.39, 0.29) is 96.7 Å². The van der Waals surface area contributed by atoms with Crippen LogP contribution in [-0.4, -0.2) is 97.6 Å². The maximum atomic E-state index is 12.6. The summed E-state index contributed by atoms with van der Waals surface area (Å²) >= 11 is 0. The number of hydrogen-bond acceptors (Lipinski definition) is 8. The van der Waals surface area contributed by atoms with E-state index in [1.54, 1.807) is 0 Å². The SMILES string of the molecule is O=C(O)CCC(=O)NCCOCCN(CCOCCNC(=O)CCC(=O)O)C(=O)OCc1ccccc1. The van der Waals surface area contributed by atoms with E-state index in [0.717, 1.165) is 5.56 Å². The first-order valence-electron chi connectivity index (χ1n) is 11.9. The number of carbonyl (C=O) groups is 5. The molecule has 13 heteroatoms. The normalized spacial score (nSPS) is 10.4. The number of carbonyl (C=O) groups excluding carboxylic acids is 3. The van der Waals surface area contributed by atoms with Crippen LogP contribution >= 0.6 is 0 Å². The lowest BCUT2D eigenvalue weighted by molar-refractivity contribution is -0.139. The van der Waals surface area contributed by atoms with Gasteiger partial charge in [-0.05, 0) is 5.56 Å². The number of hydrogen-bond donors (Lipinski definition) is 4. The molecule has 0 fully saturated rings. The summed E-state index contributed by atoms with van der Waals surface area (Å²) in [5, 5.41) is 22.3. The molecule has 0 spiro atoms. The Kier molecular flexibility index (Phi) is 16.5. The number of nitrogens with one attached hydrogen (secondary N) is 2. The fourth-order valence-electron chi connectivity index (χ4n) is 2.80. The van der Waals surface area contributed by atoms with Crippen LogP contribution in [0.4, 0.5) is 4.79 Å². The molecule has 0 saturated heterocycles. The molecule has 0 aromatic heterocycles. The number of aliphatic carboxylic acids is 2. The van der Waals surface area contributed by atoms with Crippen molar-refractivity contribution in [1.29, 1.82) is 0 Å². The zero-order chi connectivity index (χ0) is 27.3. The summed E-state index contributed by atoms with van der Waals surface area (Å²) in [5.74, 6) is -2.86. The number of nitrogens with zero attached hydrogens (tertiary/aromatic N) is 1. The van der Waals surface area contributed by atoms with Crippen LogP contribution in [0, 0.1) is 0 Å². The van der Waals surface area contributed by atoms with Gasteiger partial charge in [0, 0.05) is 39.0 Å². The smallest absolute Gasteiger partial charge is 0.410 e. The molecule has 0 heterocycles. The zero-order valence-corrected chi connectivity index (χ0v) is 20.7. The molecule has 0 bridgehead atoms. The highest BCUT2D eigenvalue weighted by Gasteiger charge is 2.15. The maximum absolute atomic E-state index is 12.6. The Labute approximate surface area is 215 Å². The van der Waals surface area contributed by atoms with Crippen molar-refractivity contribution in [1.82, 2.24) is 15.5 Å². The summed E-state index contributed by atoms with van der Waals surface area (Å²) in [7, 11) is 0. The molecule has 0 aliphatic carbocycles. The molecule has 3 amide bonds. The van der Waals surface area contributed by atoms with Gasteiger partial charge in [-0.1, -0.05) is 30.3 Å². The van der Waals surface area contributed by atoms with E-state index in [9.17, 15) is 24.0 Å². The average molecular weight is 526 g/mol. The number of carboxylic acids is 2. The summed E-state index contributed by atoms with van der Waals surface area (Å²) in [6, 6.07) is 9.20. The standard InChI is InChI=1S/C24H35N3O10/c28-20(6-8-22(30)31)25-10-14-35-16-12-27(24(34)37-18-19-4-2-1-3-5-19)13-17-36-15-11-26-21(29)7-9-23(32)33/h1-5H,6-18H2,(H,25,28)(H,26,29)(H,30,31)(H,32,33). The van der Waals surface area contributed by atoms with E-state index >= 15 is 0 Å². The minimum absolute atomic E-state index is 0.0998. The third-order valence-corrected chi connectivity index (χ3v) is 4.74. The molecule has 0 atom stereocenters. The monoisotopic (exact) mass is 525 g/mol. The number of benzene rings is 1. The molecule has 1 aromatic carbocycles. The van der Waals surface area contributed by atoms with Crippen molar-refractivity contribution >= 4 is 29.8 Å². The van der Waals surface area contributed by atoms with Gasteiger partial charge in [-0.25, -0.2) is 4.79 Å². The highest BCUT2D eigenvalue weighted by molar-refractivity contribution is 5.81. The maximum Gasteiger partial charge on any atom is 0.410 e. The Balaban J connectivity index is 2.35. The molecular weight excluding hydrogens is 490 g/mol. The molecule has 0 saturated carbocycles. The number of carboxylic acid groups (broad SMARTS) is 2. The molecule has 0 unspecified atom stereocenters. The van der Waals surface area contributed by atoms with E-state index in [4.69, 9.17) is 24.4 Å². The lowest BCUT2D eigenvalue weighted by atomic mass is 10.2. The van der Waals surface area contributed by atoms with Crippen LogP contribution in [0.1, 0.15) is 31.2 Å². The van der Waals surface area contributed by atoms with E-state index in [2.05, 4.69) is 10.6 Å². The van der Waals surface area contributed by atoms with Crippen LogP contribution in [0.3, 0.4) is 0 Å². The first-order valence-corrected chi connectivity index (χ1v) is 11.9. The van der Waals surface area contributed by atoms with Gasteiger partial charge in [-0.3, -0.25) is 19.2 Å². The van der Waals surface area contributed by atoms with Gasteiger partial charge >= 0.3 is 18.0 Å². The van der Waals surface area contributed by atoms with Crippen molar-refractivity contribution in [3.63, 3.8) is 0 Å². The Morgan fingerprint density at radius 1 is 0.703 bits per heavy atom. The predicted molar refractivity (Wildman–Crippen MR) is 130 cm³/mol. The molecule has 13 nitrogen and oxygen atoms in total. The first-order chi connectivity index (χ1) is 17.8. The number of rotatable bonds is 20. The first kappa shape index (κ1) is 31.3. The van der Waals surface area contributed by atoms with Crippen LogP contribution in [0.15, 0.2) is 30.3 Å². The molecule has 1 aromatic rings. The lowest BCUT2D eigenvalue weighted by Gasteiger charge is -2.22. The fourth-order valence-corrected chi connectivity index (χ4v) is 2.80. The second kappa shape index (κ2) is 19.5. The minimum Gasteiger partial charge on any atom is -0.481 e. The van der Waals surface area contributed by atoms with E-state index < -0.39 is 18.0 Å². The molecule has 37 heavy (non-hydrogen) atoms. The zero-order valence-electron chi connectivity index (χ0n) is 20.7. The Hall–Kier alpha value is -3.71. The third kappa shape index (κ3) is 17.4. The van der Waals surface area contributed by atoms with Crippen LogP contribution in [0.2, 0.25) is 0 Å². The van der Waals surface area contributed by atoms with Crippen molar-refractivity contribution in [3.8, 4) is 0 Å². The largest absolute Gasteiger partial charge is 0.481 e. The van der Waals surface area contributed by atoms with Gasteiger partial charge in [0.2, 0.25) is 11.8 Å². The van der Waals surface area contributed by atoms with E-state index in [0.29, 0.717) is 0 Å². The number of ether oxygens (including phenoxy) is 3. The summed E-state index contributed by atoms with van der Waals surface area (Å²) in [6.45, 7) is 1.63. The number of amides is 3. The molecule has 0 aliphatic rings. The predicted octanol–water partition coefficient (Wildman–Crippen LogP) is 0.620. The van der Waals surface area contributed by atoms with Crippen LogP contribution in [0.5, 0.6) is 0 Å². The lowest BCUT2D eigenvalue weighted by Crippen LogP contribution is -2.38. The van der Waals surface area contributed by atoms with Crippen molar-refractivity contribution in [2.24, 2.45) is 0 Å². The quantitative estimate of drug-likeness (QED) is 0.176. The highest BCUT2D eigenvalue weighted by Crippen LogP contribution is 2.04. The Morgan fingerprint density at radius 2 is 1.19 bits per heavy atom. The van der Waals surface area contributed by atoms with Crippen molar-refractivity contribution in [2.45, 2.75) is 32.3 Å². The van der Waals surface area contributed by atoms with Gasteiger partial charge in [-0.15, -0.1) is 0 Å². The summed E-state index contributed by atoms with van der Waals surface area (Å²) in [4.78, 5) is 57.9. The minimum atomic E-state index is -1.05. The van der Waals surface area contributed by atoms with Gasteiger partial charge in [0.15, 0.2) is 0 Å².